The number of nitrogens with zero attached hydrogens (tertiary/aromatic N) is 3. The van der Waals surface area contributed by atoms with Crippen LogP contribution >= 0.6 is 43.5 Å². The molecule has 0 bridgehead atoms. The number of benzene rings is 2. The Kier molecular flexibility index (Phi) is 8.50. The van der Waals surface area contributed by atoms with E-state index in [-0.39, 0.29) is 28.7 Å². The lowest BCUT2D eigenvalue weighted by molar-refractivity contribution is -0.119. The second kappa shape index (κ2) is 11.1. The molecule has 33 heavy (non-hydrogen) atoms. The van der Waals surface area contributed by atoms with Gasteiger partial charge in [0.15, 0.2) is 18.1 Å². The highest BCUT2D eigenvalue weighted by Crippen LogP contribution is 2.42. The van der Waals surface area contributed by atoms with E-state index in [2.05, 4.69) is 48.9 Å². The van der Waals surface area contributed by atoms with E-state index in [9.17, 15) is 9.59 Å². The highest BCUT2D eigenvalue weighted by molar-refractivity contribution is 9.10. The first-order valence-corrected chi connectivity index (χ1v) is 12.0. The predicted molar refractivity (Wildman–Crippen MR) is 136 cm³/mol. The van der Waals surface area contributed by atoms with E-state index >= 15 is 0 Å². The molecule has 0 aliphatic rings. The summed E-state index contributed by atoms with van der Waals surface area (Å²) in [6.07, 6.45) is 3.89. The molecule has 0 saturated heterocycles. The number of methoxy groups -OCH3 is 1. The number of primary amides is 1. The lowest BCUT2D eigenvalue weighted by atomic mass is 10.2. The van der Waals surface area contributed by atoms with Crippen molar-refractivity contribution in [2.24, 2.45) is 10.8 Å². The quantitative estimate of drug-likeness (QED) is 0.359. The fraction of sp³-hybridized carbons (Fsp3) is 0.273. The van der Waals surface area contributed by atoms with E-state index in [1.807, 2.05) is 6.07 Å². The molecule has 0 fully saturated rings. The van der Waals surface area contributed by atoms with Crippen molar-refractivity contribution in [3.8, 4) is 11.5 Å². The van der Waals surface area contributed by atoms with E-state index < -0.39 is 5.91 Å². The molecular weight excluding hydrogens is 580 g/mol. The largest absolute Gasteiger partial charge is 0.493 e. The van der Waals surface area contributed by atoms with Crippen LogP contribution in [0.1, 0.15) is 31.2 Å². The third-order valence-electron chi connectivity index (χ3n) is 4.68. The molecule has 0 unspecified atom stereocenters. The minimum atomic E-state index is -0.649. The zero-order valence-corrected chi connectivity index (χ0v) is 21.8. The molecule has 3 aromatic rings. The molecule has 174 valence electrons. The number of hydrogen-bond acceptors (Lipinski definition) is 6. The molecular formula is C22H21Br2ClN4O4. The van der Waals surface area contributed by atoms with Crippen molar-refractivity contribution in [2.75, 3.05) is 13.7 Å². The minimum Gasteiger partial charge on any atom is -0.493 e. The average molecular weight is 601 g/mol. The maximum absolute atomic E-state index is 13.2. The van der Waals surface area contributed by atoms with Crippen molar-refractivity contribution < 1.29 is 14.3 Å². The molecule has 2 N–H and O–H groups in total. The van der Waals surface area contributed by atoms with Crippen molar-refractivity contribution >= 4 is 66.5 Å². The number of unbranched alkanes of at least 4 members (excludes halogenated alkanes) is 1. The van der Waals surface area contributed by atoms with Crippen molar-refractivity contribution in [3.05, 3.63) is 60.0 Å². The number of aromatic nitrogens is 2. The summed E-state index contributed by atoms with van der Waals surface area (Å²) in [6, 6.07) is 6.99. The number of halogens is 3. The highest BCUT2D eigenvalue weighted by Gasteiger charge is 2.18. The van der Waals surface area contributed by atoms with Gasteiger partial charge in [0.05, 0.1) is 24.2 Å². The van der Waals surface area contributed by atoms with Crippen LogP contribution in [-0.4, -0.2) is 35.5 Å². The Labute approximate surface area is 212 Å². The summed E-state index contributed by atoms with van der Waals surface area (Å²) in [6.45, 7) is 1.71. The van der Waals surface area contributed by atoms with Gasteiger partial charge in [0.1, 0.15) is 10.8 Å². The summed E-state index contributed by atoms with van der Waals surface area (Å²) in [7, 11) is 1.44. The normalized spacial score (nSPS) is 11.3. The zero-order valence-electron chi connectivity index (χ0n) is 17.9. The van der Waals surface area contributed by atoms with Crippen LogP contribution in [-0.2, 0) is 11.2 Å². The second-order valence-corrected chi connectivity index (χ2v) is 9.12. The molecule has 0 aliphatic heterocycles. The average Bonchev–Trinajstić information content (AvgIpc) is 2.79. The Bertz CT molecular complexity index is 1290. The molecule has 1 amide bonds. The Morgan fingerprint density at radius 1 is 1.33 bits per heavy atom. The molecule has 2 aromatic carbocycles. The number of nitrogens with two attached hydrogens (primary N) is 1. The van der Waals surface area contributed by atoms with Crippen molar-refractivity contribution in [3.63, 3.8) is 0 Å². The summed E-state index contributed by atoms with van der Waals surface area (Å²) in [4.78, 5) is 29.0. The number of fused-ring (bicyclic) bond motifs is 1. The molecule has 8 nitrogen and oxygen atoms in total. The van der Waals surface area contributed by atoms with Crippen LogP contribution in [0.5, 0.6) is 11.5 Å². The van der Waals surface area contributed by atoms with E-state index in [0.29, 0.717) is 33.2 Å². The first-order valence-electron chi connectivity index (χ1n) is 9.99. The second-order valence-electron chi connectivity index (χ2n) is 7.03. The molecule has 0 spiro atoms. The SMILES string of the molecule is CCCCc1nc2ccc(Br)cc2c(=O)n1N=Cc1cc(OC)c(OCC(N)=O)c(Cl)c1Br. The lowest BCUT2D eigenvalue weighted by Gasteiger charge is -2.14. The Morgan fingerprint density at radius 3 is 2.76 bits per heavy atom. The fourth-order valence-corrected chi connectivity index (χ4v) is 4.07. The monoisotopic (exact) mass is 598 g/mol. The van der Waals surface area contributed by atoms with Gasteiger partial charge in [0.25, 0.3) is 11.5 Å². The number of carbonyl (C=O) groups excluding carboxylic acids is 1. The van der Waals surface area contributed by atoms with Crippen molar-refractivity contribution in [1.82, 2.24) is 9.66 Å². The van der Waals surface area contributed by atoms with Crippen LogP contribution in [0.3, 0.4) is 0 Å². The van der Waals surface area contributed by atoms with Gasteiger partial charge in [-0.15, -0.1) is 0 Å². The number of amides is 1. The summed E-state index contributed by atoms with van der Waals surface area (Å²) in [5.41, 5.74) is 6.02. The number of hydrogen-bond donors (Lipinski definition) is 1. The van der Waals surface area contributed by atoms with E-state index in [1.54, 1.807) is 18.2 Å². The first kappa shape index (κ1) is 25.2. The third-order valence-corrected chi connectivity index (χ3v) is 6.61. The first-order chi connectivity index (χ1) is 15.8. The van der Waals surface area contributed by atoms with E-state index in [0.717, 1.165) is 17.3 Å². The Balaban J connectivity index is 2.11. The summed E-state index contributed by atoms with van der Waals surface area (Å²) >= 11 is 13.2. The van der Waals surface area contributed by atoms with Crippen LogP contribution in [0, 0.1) is 0 Å². The molecule has 1 heterocycles. The van der Waals surface area contributed by atoms with Crippen LogP contribution in [0.15, 0.2) is 43.1 Å². The van der Waals surface area contributed by atoms with Gasteiger partial charge in [-0.1, -0.05) is 40.9 Å². The number of aryl methyl sites for hydroxylation is 1. The van der Waals surface area contributed by atoms with Gasteiger partial charge in [-0.2, -0.15) is 9.78 Å². The number of rotatable bonds is 9. The van der Waals surface area contributed by atoms with Gasteiger partial charge in [-0.05, 0) is 46.6 Å². The number of ether oxygens (including phenoxy) is 2. The van der Waals surface area contributed by atoms with Crippen molar-refractivity contribution in [2.45, 2.75) is 26.2 Å². The van der Waals surface area contributed by atoms with Crippen molar-refractivity contribution in [1.29, 1.82) is 0 Å². The topological polar surface area (TPSA) is 109 Å². The van der Waals surface area contributed by atoms with Gasteiger partial charge in [-0.3, -0.25) is 9.59 Å². The van der Waals surface area contributed by atoms with Crippen LogP contribution < -0.4 is 20.8 Å². The van der Waals surface area contributed by atoms with Gasteiger partial charge >= 0.3 is 0 Å². The van der Waals surface area contributed by atoms with Gasteiger partial charge in [-0.25, -0.2) is 4.98 Å². The van der Waals surface area contributed by atoms with Crippen LogP contribution in [0.25, 0.3) is 10.9 Å². The highest BCUT2D eigenvalue weighted by atomic mass is 79.9. The summed E-state index contributed by atoms with van der Waals surface area (Å²) < 4.78 is 13.3. The zero-order chi connectivity index (χ0) is 24.1. The Morgan fingerprint density at radius 2 is 2.09 bits per heavy atom. The van der Waals surface area contributed by atoms with E-state index in [4.69, 9.17) is 26.8 Å². The fourth-order valence-electron chi connectivity index (χ4n) is 3.06. The predicted octanol–water partition coefficient (Wildman–Crippen LogP) is 4.67. The summed E-state index contributed by atoms with van der Waals surface area (Å²) in [5.74, 6) is 0.359. The molecule has 3 rings (SSSR count). The standard InChI is InChI=1S/C22H21Br2ClN4O4/c1-3-4-5-18-28-15-7-6-13(23)9-14(15)22(31)29(18)27-10-12-8-16(32-2)21(20(25)19(12)24)33-11-17(26)30/h6-10H,3-5,11H2,1-2H3,(H2,26,30). The molecule has 0 radical (unpaired) electrons. The van der Waals surface area contributed by atoms with E-state index in [1.165, 1.54) is 18.0 Å². The van der Waals surface area contributed by atoms with Gasteiger partial charge in [0.2, 0.25) is 0 Å². The third kappa shape index (κ3) is 5.74. The minimum absolute atomic E-state index is 0.167. The molecule has 0 atom stereocenters. The maximum atomic E-state index is 13.2. The molecule has 11 heteroatoms. The van der Waals surface area contributed by atoms with Gasteiger partial charge in [0, 0.05) is 20.9 Å². The number of carbonyl (C=O) groups is 1. The van der Waals surface area contributed by atoms with Crippen LogP contribution in [0.4, 0.5) is 0 Å². The van der Waals surface area contributed by atoms with Crippen LogP contribution in [0.2, 0.25) is 5.02 Å². The molecule has 0 saturated carbocycles. The smallest absolute Gasteiger partial charge is 0.282 e. The van der Waals surface area contributed by atoms with Gasteiger partial charge < -0.3 is 15.2 Å². The summed E-state index contributed by atoms with van der Waals surface area (Å²) in [5, 5.41) is 5.06. The maximum Gasteiger partial charge on any atom is 0.282 e. The molecule has 0 aliphatic carbocycles. The Hall–Kier alpha value is -2.43. The lowest BCUT2D eigenvalue weighted by Crippen LogP contribution is -2.22. The molecule has 1 aromatic heterocycles.